The van der Waals surface area contributed by atoms with E-state index in [4.69, 9.17) is 21.1 Å². The Morgan fingerprint density at radius 2 is 1.88 bits per heavy atom. The van der Waals surface area contributed by atoms with Gasteiger partial charge in [-0.1, -0.05) is 11.6 Å². The van der Waals surface area contributed by atoms with Gasteiger partial charge in [-0.25, -0.2) is 0 Å². The fraction of sp³-hybridized carbons (Fsp3) is 0.278. The van der Waals surface area contributed by atoms with Gasteiger partial charge in [0, 0.05) is 27.3 Å². The molecule has 0 spiro atoms. The average molecular weight is 364 g/mol. The number of benzene rings is 2. The monoisotopic (exact) mass is 363 g/mol. The lowest BCUT2D eigenvalue weighted by molar-refractivity contribution is 0.0934. The van der Waals surface area contributed by atoms with E-state index in [1.807, 2.05) is 18.2 Å². The average Bonchev–Trinajstić information content (AvgIpc) is 2.61. The number of thioether (sulfide) groups is 1. The molecule has 0 aromatic heterocycles. The quantitative estimate of drug-likeness (QED) is 0.878. The minimum atomic E-state index is -0.157. The molecular weight excluding hydrogens is 346 g/mol. The van der Waals surface area contributed by atoms with Crippen molar-refractivity contribution < 1.29 is 14.3 Å². The first kappa shape index (κ1) is 17.0. The maximum absolute atomic E-state index is 12.7. The molecule has 0 bridgehead atoms. The lowest BCUT2D eigenvalue weighted by Gasteiger charge is -2.26. The molecule has 0 radical (unpaired) electrons. The third kappa shape index (κ3) is 3.62. The summed E-state index contributed by atoms with van der Waals surface area (Å²) in [6, 6.07) is 10.9. The van der Waals surface area contributed by atoms with E-state index >= 15 is 0 Å². The van der Waals surface area contributed by atoms with Crippen molar-refractivity contribution in [2.45, 2.75) is 17.4 Å². The van der Waals surface area contributed by atoms with Gasteiger partial charge in [0.15, 0.2) is 0 Å². The fourth-order valence-corrected chi connectivity index (χ4v) is 3.98. The molecule has 126 valence electrons. The number of hydrogen-bond donors (Lipinski definition) is 1. The fourth-order valence-electron chi connectivity index (χ4n) is 2.70. The number of hydrogen-bond acceptors (Lipinski definition) is 4. The Morgan fingerprint density at radius 1 is 1.17 bits per heavy atom. The zero-order valence-corrected chi connectivity index (χ0v) is 15.0. The summed E-state index contributed by atoms with van der Waals surface area (Å²) in [5.74, 6) is 1.97. The largest absolute Gasteiger partial charge is 0.497 e. The van der Waals surface area contributed by atoms with Gasteiger partial charge in [-0.05, 0) is 42.3 Å². The van der Waals surface area contributed by atoms with Crippen molar-refractivity contribution in [3.05, 3.63) is 52.5 Å². The van der Waals surface area contributed by atoms with Crippen LogP contribution in [0.4, 0.5) is 0 Å². The Labute approximate surface area is 150 Å². The van der Waals surface area contributed by atoms with Crippen LogP contribution in [0.3, 0.4) is 0 Å². The number of halogens is 1. The number of methoxy groups -OCH3 is 2. The van der Waals surface area contributed by atoms with Gasteiger partial charge in [-0.15, -0.1) is 11.8 Å². The van der Waals surface area contributed by atoms with Crippen LogP contribution in [0.5, 0.6) is 11.5 Å². The summed E-state index contributed by atoms with van der Waals surface area (Å²) in [6.45, 7) is 0. The van der Waals surface area contributed by atoms with Gasteiger partial charge in [-0.3, -0.25) is 4.79 Å². The minimum Gasteiger partial charge on any atom is -0.497 e. The molecule has 1 heterocycles. The lowest BCUT2D eigenvalue weighted by Crippen LogP contribution is -2.30. The van der Waals surface area contributed by atoms with E-state index in [0.29, 0.717) is 22.1 Å². The van der Waals surface area contributed by atoms with E-state index in [-0.39, 0.29) is 11.9 Å². The molecule has 24 heavy (non-hydrogen) atoms. The molecule has 0 aliphatic carbocycles. The summed E-state index contributed by atoms with van der Waals surface area (Å²) in [5.41, 5.74) is 1.58. The van der Waals surface area contributed by atoms with E-state index in [9.17, 15) is 4.79 Å². The van der Waals surface area contributed by atoms with Crippen molar-refractivity contribution in [1.82, 2.24) is 5.32 Å². The van der Waals surface area contributed by atoms with Crippen LogP contribution < -0.4 is 14.8 Å². The number of amides is 1. The molecule has 2 aromatic rings. The maximum atomic E-state index is 12.7. The highest BCUT2D eigenvalue weighted by molar-refractivity contribution is 7.99. The van der Waals surface area contributed by atoms with Crippen LogP contribution >= 0.6 is 23.4 Å². The van der Waals surface area contributed by atoms with Crippen LogP contribution in [0.2, 0.25) is 5.02 Å². The lowest BCUT2D eigenvalue weighted by atomic mass is 10.0. The number of ether oxygens (including phenoxy) is 2. The topological polar surface area (TPSA) is 47.6 Å². The Hall–Kier alpha value is -1.85. The minimum absolute atomic E-state index is 0.0513. The van der Waals surface area contributed by atoms with Crippen molar-refractivity contribution in [2.24, 2.45) is 0 Å². The van der Waals surface area contributed by atoms with E-state index in [1.165, 1.54) is 4.90 Å². The number of fused-ring (bicyclic) bond motifs is 1. The van der Waals surface area contributed by atoms with Crippen LogP contribution in [0, 0.1) is 0 Å². The smallest absolute Gasteiger partial charge is 0.252 e. The third-order valence-corrected chi connectivity index (χ3v) is 5.29. The van der Waals surface area contributed by atoms with Crippen LogP contribution in [-0.4, -0.2) is 25.9 Å². The Balaban J connectivity index is 1.85. The van der Waals surface area contributed by atoms with Gasteiger partial charge in [0.2, 0.25) is 0 Å². The van der Waals surface area contributed by atoms with Gasteiger partial charge in [-0.2, -0.15) is 0 Å². The molecule has 1 N–H and O–H groups in total. The second-order valence-electron chi connectivity index (χ2n) is 5.45. The van der Waals surface area contributed by atoms with Gasteiger partial charge in [0.05, 0.1) is 20.3 Å². The first-order valence-corrected chi connectivity index (χ1v) is 8.93. The molecule has 1 aliphatic heterocycles. The molecule has 0 fully saturated rings. The molecule has 3 rings (SSSR count). The molecule has 1 atom stereocenters. The number of rotatable bonds is 4. The summed E-state index contributed by atoms with van der Waals surface area (Å²) < 4.78 is 10.5. The SMILES string of the molecule is COc1cc(OC)cc(C(=O)NC2CCSc3ccc(Cl)cc32)c1. The van der Waals surface area contributed by atoms with Gasteiger partial charge in [0.1, 0.15) is 11.5 Å². The number of carbonyl (C=O) groups excluding carboxylic acids is 1. The summed E-state index contributed by atoms with van der Waals surface area (Å²) in [7, 11) is 3.13. The second-order valence-corrected chi connectivity index (χ2v) is 7.02. The zero-order valence-electron chi connectivity index (χ0n) is 13.5. The Morgan fingerprint density at radius 3 is 2.54 bits per heavy atom. The number of nitrogens with one attached hydrogen (secondary N) is 1. The van der Waals surface area contributed by atoms with E-state index in [1.54, 1.807) is 44.2 Å². The van der Waals surface area contributed by atoms with Crippen LogP contribution in [0.15, 0.2) is 41.3 Å². The van der Waals surface area contributed by atoms with E-state index < -0.39 is 0 Å². The van der Waals surface area contributed by atoms with Crippen LogP contribution in [0.1, 0.15) is 28.4 Å². The Bertz CT molecular complexity index is 744. The summed E-state index contributed by atoms with van der Waals surface area (Å²) >= 11 is 7.91. The normalized spacial score (nSPS) is 16.2. The second kappa shape index (κ2) is 7.36. The standard InChI is InChI=1S/C18H18ClNO3S/c1-22-13-7-11(8-14(10-13)23-2)18(21)20-16-5-6-24-17-4-3-12(19)9-15(16)17/h3-4,7-10,16H,5-6H2,1-2H3,(H,20,21). The van der Waals surface area contributed by atoms with E-state index in [2.05, 4.69) is 5.32 Å². The molecule has 2 aromatic carbocycles. The zero-order chi connectivity index (χ0) is 17.1. The summed E-state index contributed by atoms with van der Waals surface area (Å²) in [5, 5.41) is 3.78. The highest BCUT2D eigenvalue weighted by atomic mass is 35.5. The first-order valence-electron chi connectivity index (χ1n) is 7.57. The highest BCUT2D eigenvalue weighted by Crippen LogP contribution is 2.37. The third-order valence-electron chi connectivity index (χ3n) is 3.93. The predicted molar refractivity (Wildman–Crippen MR) is 96.5 cm³/mol. The van der Waals surface area contributed by atoms with Gasteiger partial charge < -0.3 is 14.8 Å². The van der Waals surface area contributed by atoms with Gasteiger partial charge >= 0.3 is 0 Å². The van der Waals surface area contributed by atoms with Crippen molar-refractivity contribution >= 4 is 29.3 Å². The molecule has 1 aliphatic rings. The highest BCUT2D eigenvalue weighted by Gasteiger charge is 2.23. The molecule has 0 saturated heterocycles. The van der Waals surface area contributed by atoms with Crippen molar-refractivity contribution in [1.29, 1.82) is 0 Å². The summed E-state index contributed by atoms with van der Waals surface area (Å²) in [4.78, 5) is 13.8. The van der Waals surface area contributed by atoms with E-state index in [0.717, 1.165) is 17.7 Å². The molecule has 0 saturated carbocycles. The van der Waals surface area contributed by atoms with Crippen molar-refractivity contribution in [3.63, 3.8) is 0 Å². The van der Waals surface area contributed by atoms with Crippen molar-refractivity contribution in [2.75, 3.05) is 20.0 Å². The first-order chi connectivity index (χ1) is 11.6. The summed E-state index contributed by atoms with van der Waals surface area (Å²) in [6.07, 6.45) is 0.866. The van der Waals surface area contributed by atoms with Crippen LogP contribution in [-0.2, 0) is 0 Å². The molecule has 1 amide bonds. The molecular formula is C18H18ClNO3S. The molecule has 1 unspecified atom stereocenters. The Kier molecular flexibility index (Phi) is 5.21. The van der Waals surface area contributed by atoms with Crippen molar-refractivity contribution in [3.8, 4) is 11.5 Å². The predicted octanol–water partition coefficient (Wildman–Crippen LogP) is 4.32. The van der Waals surface area contributed by atoms with Gasteiger partial charge in [0.25, 0.3) is 5.91 Å². The maximum Gasteiger partial charge on any atom is 0.252 e. The molecule has 4 nitrogen and oxygen atoms in total. The number of carbonyl (C=O) groups is 1. The van der Waals surface area contributed by atoms with Crippen LogP contribution in [0.25, 0.3) is 0 Å². The molecule has 6 heteroatoms.